The largest absolute Gasteiger partial charge is 0.479 e. The van der Waals surface area contributed by atoms with Gasteiger partial charge in [-0.2, -0.15) is 0 Å². The van der Waals surface area contributed by atoms with Gasteiger partial charge in [0.05, 0.1) is 0 Å². The molecule has 0 aromatic carbocycles. The van der Waals surface area contributed by atoms with Crippen LogP contribution in [0.2, 0.25) is 0 Å². The van der Waals surface area contributed by atoms with E-state index in [9.17, 15) is 24.6 Å². The highest BCUT2D eigenvalue weighted by molar-refractivity contribution is 5.91. The zero-order valence-electron chi connectivity index (χ0n) is 8.95. The number of ether oxygens (including phenoxy) is 1. The summed E-state index contributed by atoms with van der Waals surface area (Å²) in [6.45, 7) is 1.22. The maximum absolute atomic E-state index is 11.2. The van der Waals surface area contributed by atoms with Crippen molar-refractivity contribution in [3.8, 4) is 0 Å². The Hall–Kier alpha value is -1.71. The third-order valence-electron chi connectivity index (χ3n) is 2.19. The van der Waals surface area contributed by atoms with Crippen molar-refractivity contribution in [3.63, 3.8) is 0 Å². The van der Waals surface area contributed by atoms with Crippen LogP contribution in [0.5, 0.6) is 0 Å². The van der Waals surface area contributed by atoms with Gasteiger partial charge in [-0.3, -0.25) is 0 Å². The standard InChI is InChI=1S/C8H12O9/c1-7(15,5(12)13)8(2,16)6(14)17-4(11)3(9)10/h4,11,15-16H,1-2H3,(H,9,10)(H,12,13). The van der Waals surface area contributed by atoms with Gasteiger partial charge in [0.25, 0.3) is 6.29 Å². The van der Waals surface area contributed by atoms with E-state index in [1.165, 1.54) is 0 Å². The van der Waals surface area contributed by atoms with Crippen molar-refractivity contribution in [2.75, 3.05) is 0 Å². The third kappa shape index (κ3) is 2.90. The molecule has 0 radical (unpaired) electrons. The maximum Gasteiger partial charge on any atom is 0.373 e. The number of rotatable bonds is 5. The van der Waals surface area contributed by atoms with Crippen LogP contribution in [0.4, 0.5) is 0 Å². The van der Waals surface area contributed by atoms with Gasteiger partial charge in [-0.25, -0.2) is 14.4 Å². The van der Waals surface area contributed by atoms with Gasteiger partial charge >= 0.3 is 17.9 Å². The Kier molecular flexibility index (Phi) is 4.19. The molecule has 0 heterocycles. The Morgan fingerprint density at radius 3 is 1.76 bits per heavy atom. The van der Waals surface area contributed by atoms with E-state index in [4.69, 9.17) is 15.3 Å². The fraction of sp³-hybridized carbons (Fsp3) is 0.625. The summed E-state index contributed by atoms with van der Waals surface area (Å²) in [5.74, 6) is -5.63. The first-order valence-corrected chi connectivity index (χ1v) is 4.24. The predicted molar refractivity (Wildman–Crippen MR) is 48.6 cm³/mol. The quantitative estimate of drug-likeness (QED) is 0.263. The predicted octanol–water partition coefficient (Wildman–Crippen LogP) is -2.48. The van der Waals surface area contributed by atoms with E-state index < -0.39 is 35.4 Å². The maximum atomic E-state index is 11.2. The smallest absolute Gasteiger partial charge is 0.373 e. The van der Waals surface area contributed by atoms with Crippen LogP contribution in [-0.2, 0) is 19.1 Å². The molecule has 0 saturated heterocycles. The van der Waals surface area contributed by atoms with E-state index in [-0.39, 0.29) is 0 Å². The molecule has 0 fully saturated rings. The van der Waals surface area contributed by atoms with Crippen molar-refractivity contribution in [2.45, 2.75) is 31.3 Å². The van der Waals surface area contributed by atoms with Gasteiger partial charge in [-0.15, -0.1) is 0 Å². The molecular formula is C8H12O9. The van der Waals surface area contributed by atoms with Gasteiger partial charge in [0.1, 0.15) is 0 Å². The number of carbonyl (C=O) groups excluding carboxylic acids is 1. The summed E-state index contributed by atoms with van der Waals surface area (Å²) >= 11 is 0. The highest BCUT2D eigenvalue weighted by atomic mass is 16.7. The van der Waals surface area contributed by atoms with Crippen LogP contribution in [-0.4, -0.2) is 60.9 Å². The first-order valence-electron chi connectivity index (χ1n) is 4.24. The fourth-order valence-electron chi connectivity index (χ4n) is 0.673. The second-order valence-electron chi connectivity index (χ2n) is 3.55. The topological polar surface area (TPSA) is 162 Å². The average molecular weight is 252 g/mol. The molecule has 0 spiro atoms. The molecule has 0 aromatic heterocycles. The van der Waals surface area contributed by atoms with Crippen LogP contribution >= 0.6 is 0 Å². The normalized spacial score (nSPS) is 19.6. The molecule has 9 nitrogen and oxygen atoms in total. The molecule has 17 heavy (non-hydrogen) atoms. The lowest BCUT2D eigenvalue weighted by molar-refractivity contribution is -0.219. The van der Waals surface area contributed by atoms with Crippen LogP contribution in [0.3, 0.4) is 0 Å². The summed E-state index contributed by atoms with van der Waals surface area (Å²) in [5.41, 5.74) is -5.85. The Balaban J connectivity index is 5.02. The number of hydrogen-bond donors (Lipinski definition) is 5. The molecule has 0 saturated carbocycles. The Bertz CT molecular complexity index is 343. The number of hydrogen-bond acceptors (Lipinski definition) is 7. The van der Waals surface area contributed by atoms with Gasteiger partial charge in [0.15, 0.2) is 11.2 Å². The van der Waals surface area contributed by atoms with Crippen LogP contribution in [0, 0.1) is 0 Å². The average Bonchev–Trinajstić information content (AvgIpc) is 2.16. The van der Waals surface area contributed by atoms with E-state index in [2.05, 4.69) is 4.74 Å². The highest BCUT2D eigenvalue weighted by Gasteiger charge is 2.55. The molecule has 3 unspecified atom stereocenters. The van der Waals surface area contributed by atoms with Crippen molar-refractivity contribution >= 4 is 17.9 Å². The summed E-state index contributed by atoms with van der Waals surface area (Å²) in [4.78, 5) is 32.0. The lowest BCUT2D eigenvalue weighted by Gasteiger charge is -2.32. The monoisotopic (exact) mass is 252 g/mol. The van der Waals surface area contributed by atoms with Gasteiger partial charge in [0, 0.05) is 0 Å². The molecule has 0 aromatic rings. The molecule has 0 aliphatic heterocycles. The van der Waals surface area contributed by atoms with E-state index in [1.54, 1.807) is 0 Å². The SMILES string of the molecule is CC(O)(C(=O)O)C(C)(O)C(=O)OC(O)C(=O)O. The van der Waals surface area contributed by atoms with Crippen molar-refractivity contribution in [2.24, 2.45) is 0 Å². The van der Waals surface area contributed by atoms with Crippen LogP contribution in [0.25, 0.3) is 0 Å². The number of carbonyl (C=O) groups is 3. The van der Waals surface area contributed by atoms with Crippen molar-refractivity contribution in [1.82, 2.24) is 0 Å². The molecule has 0 rings (SSSR count). The number of aliphatic hydroxyl groups excluding tert-OH is 1. The minimum Gasteiger partial charge on any atom is -0.479 e. The lowest BCUT2D eigenvalue weighted by Crippen LogP contribution is -2.61. The molecule has 0 amide bonds. The molecule has 0 bridgehead atoms. The summed E-state index contributed by atoms with van der Waals surface area (Å²) in [5, 5.41) is 44.3. The highest BCUT2D eigenvalue weighted by Crippen LogP contribution is 2.24. The number of carboxylic acids is 2. The van der Waals surface area contributed by atoms with Gasteiger partial charge < -0.3 is 30.3 Å². The van der Waals surface area contributed by atoms with Crippen LogP contribution < -0.4 is 0 Å². The molecule has 3 atom stereocenters. The summed E-state index contributed by atoms with van der Waals surface area (Å²) in [6, 6.07) is 0. The Morgan fingerprint density at radius 2 is 1.47 bits per heavy atom. The van der Waals surface area contributed by atoms with Gasteiger partial charge in [0.2, 0.25) is 0 Å². The third-order valence-corrected chi connectivity index (χ3v) is 2.19. The second-order valence-corrected chi connectivity index (χ2v) is 3.55. The molecule has 0 aliphatic rings. The zero-order valence-corrected chi connectivity index (χ0v) is 8.95. The van der Waals surface area contributed by atoms with Crippen molar-refractivity contribution < 1.29 is 44.7 Å². The number of aliphatic hydroxyl groups is 3. The molecule has 9 heteroatoms. The van der Waals surface area contributed by atoms with E-state index >= 15 is 0 Å². The Morgan fingerprint density at radius 1 is 1.06 bits per heavy atom. The molecule has 5 N–H and O–H groups in total. The Labute approximate surface area is 94.9 Å². The first-order chi connectivity index (χ1) is 7.44. The summed E-state index contributed by atoms with van der Waals surface area (Å²) in [7, 11) is 0. The molecular weight excluding hydrogens is 240 g/mol. The number of esters is 1. The minimum atomic E-state index is -2.94. The van der Waals surface area contributed by atoms with Crippen LogP contribution in [0.15, 0.2) is 0 Å². The van der Waals surface area contributed by atoms with Crippen molar-refractivity contribution in [1.29, 1.82) is 0 Å². The number of carboxylic acid groups (broad SMARTS) is 2. The first kappa shape index (κ1) is 15.3. The second kappa shape index (κ2) is 4.65. The molecule has 0 aliphatic carbocycles. The van der Waals surface area contributed by atoms with Gasteiger partial charge in [-0.05, 0) is 13.8 Å². The minimum absolute atomic E-state index is 0.609. The van der Waals surface area contributed by atoms with E-state index in [0.717, 1.165) is 0 Å². The van der Waals surface area contributed by atoms with Gasteiger partial charge in [-0.1, -0.05) is 0 Å². The van der Waals surface area contributed by atoms with E-state index in [1.807, 2.05) is 0 Å². The summed E-state index contributed by atoms with van der Waals surface area (Å²) in [6.07, 6.45) is -2.57. The zero-order chi connectivity index (χ0) is 14.0. The molecule has 98 valence electrons. The van der Waals surface area contributed by atoms with E-state index in [0.29, 0.717) is 13.8 Å². The van der Waals surface area contributed by atoms with Crippen LogP contribution in [0.1, 0.15) is 13.8 Å². The fourth-order valence-corrected chi connectivity index (χ4v) is 0.673. The summed E-state index contributed by atoms with van der Waals surface area (Å²) < 4.78 is 3.86. The lowest BCUT2D eigenvalue weighted by atomic mass is 9.86. The number of aliphatic carboxylic acids is 2. The van der Waals surface area contributed by atoms with Crippen molar-refractivity contribution in [3.05, 3.63) is 0 Å².